The number of hydrogen-bond acceptors (Lipinski definition) is 6. The van der Waals surface area contributed by atoms with Gasteiger partial charge in [-0.1, -0.05) is 0 Å². The number of hydrazine groups is 1. The van der Waals surface area contributed by atoms with E-state index in [1.54, 1.807) is 38.1 Å². The molecule has 1 aromatic carbocycles. The predicted octanol–water partition coefficient (Wildman–Crippen LogP) is 0.627. The molecule has 0 aliphatic rings. The van der Waals surface area contributed by atoms with Crippen molar-refractivity contribution in [2.24, 2.45) is 5.84 Å². The van der Waals surface area contributed by atoms with Crippen LogP contribution in [0.5, 0.6) is 0 Å². The van der Waals surface area contributed by atoms with Crippen molar-refractivity contribution in [3.63, 3.8) is 0 Å². The van der Waals surface area contributed by atoms with E-state index in [2.05, 4.69) is 5.43 Å². The first-order chi connectivity index (χ1) is 9.38. The van der Waals surface area contributed by atoms with E-state index in [-0.39, 0.29) is 18.0 Å². The lowest BCUT2D eigenvalue weighted by Gasteiger charge is -2.19. The maximum atomic E-state index is 12.5. The Morgan fingerprint density at radius 1 is 1.20 bits per heavy atom. The van der Waals surface area contributed by atoms with Crippen LogP contribution in [0.2, 0.25) is 0 Å². The molecule has 0 saturated heterocycles. The zero-order valence-corrected chi connectivity index (χ0v) is 12.0. The summed E-state index contributed by atoms with van der Waals surface area (Å²) >= 11 is 0. The molecule has 7 nitrogen and oxygen atoms in total. The molecule has 0 atom stereocenters. The topological polar surface area (TPSA) is 123 Å². The Hall–Kier alpha value is -2.13. The number of aryl methyl sites for hydroxylation is 2. The molecular formula is C12H15N5O2S. The molecule has 0 aliphatic carbocycles. The number of nitrogens with two attached hydrogens (primary N) is 1. The zero-order valence-electron chi connectivity index (χ0n) is 11.2. The second-order valence-electron chi connectivity index (χ2n) is 4.17. The average molecular weight is 293 g/mol. The molecule has 0 amide bonds. The first-order valence-electron chi connectivity index (χ1n) is 5.70. The minimum absolute atomic E-state index is 0.0991. The lowest BCUT2D eigenvalue weighted by atomic mass is 10.1. The van der Waals surface area contributed by atoms with E-state index in [0.717, 1.165) is 4.31 Å². The number of nitrogens with zero attached hydrogens (tertiary/aromatic N) is 3. The average Bonchev–Trinajstić information content (AvgIpc) is 2.37. The van der Waals surface area contributed by atoms with E-state index < -0.39 is 10.0 Å². The maximum Gasteiger partial charge on any atom is 0.245 e. The molecule has 0 fully saturated rings. The lowest BCUT2D eigenvalue weighted by Crippen LogP contribution is -2.33. The van der Waals surface area contributed by atoms with Crippen LogP contribution in [-0.2, 0) is 10.0 Å². The SMILES string of the molecule is Cc1cc(NN)cc(C)c1S(=O)(=O)N(CC#N)CC#N. The van der Waals surface area contributed by atoms with E-state index in [4.69, 9.17) is 16.4 Å². The summed E-state index contributed by atoms with van der Waals surface area (Å²) in [4.78, 5) is 0.0991. The molecule has 0 radical (unpaired) electrons. The third kappa shape index (κ3) is 3.06. The molecule has 3 N–H and O–H groups in total. The van der Waals surface area contributed by atoms with Crippen molar-refractivity contribution in [3.8, 4) is 12.1 Å². The highest BCUT2D eigenvalue weighted by molar-refractivity contribution is 7.89. The fourth-order valence-corrected chi connectivity index (χ4v) is 3.60. The van der Waals surface area contributed by atoms with Crippen molar-refractivity contribution in [1.29, 1.82) is 10.5 Å². The largest absolute Gasteiger partial charge is 0.324 e. The summed E-state index contributed by atoms with van der Waals surface area (Å²) < 4.78 is 25.9. The van der Waals surface area contributed by atoms with Gasteiger partial charge in [-0.2, -0.15) is 14.8 Å². The minimum atomic E-state index is -3.89. The van der Waals surface area contributed by atoms with Crippen molar-refractivity contribution < 1.29 is 8.42 Å². The molecule has 0 spiro atoms. The number of hydrogen-bond donors (Lipinski definition) is 2. The van der Waals surface area contributed by atoms with E-state index in [9.17, 15) is 8.42 Å². The fraction of sp³-hybridized carbons (Fsp3) is 0.333. The molecule has 0 heterocycles. The fourth-order valence-electron chi connectivity index (χ4n) is 1.95. The van der Waals surface area contributed by atoms with Crippen LogP contribution in [0.4, 0.5) is 5.69 Å². The van der Waals surface area contributed by atoms with Crippen LogP contribution in [0, 0.1) is 36.5 Å². The third-order valence-corrected chi connectivity index (χ3v) is 4.82. The smallest absolute Gasteiger partial charge is 0.245 e. The molecule has 0 unspecified atom stereocenters. The van der Waals surface area contributed by atoms with Crippen molar-refractivity contribution in [1.82, 2.24) is 4.31 Å². The van der Waals surface area contributed by atoms with E-state index in [1.165, 1.54) is 0 Å². The van der Waals surface area contributed by atoms with Crippen LogP contribution >= 0.6 is 0 Å². The van der Waals surface area contributed by atoms with E-state index in [0.29, 0.717) is 16.8 Å². The normalized spacial score (nSPS) is 10.9. The third-order valence-electron chi connectivity index (χ3n) is 2.72. The number of sulfonamides is 1. The van der Waals surface area contributed by atoms with Crippen LogP contribution in [-0.4, -0.2) is 25.8 Å². The monoisotopic (exact) mass is 293 g/mol. The highest BCUT2D eigenvalue weighted by Gasteiger charge is 2.27. The van der Waals surface area contributed by atoms with Gasteiger partial charge in [-0.05, 0) is 37.1 Å². The van der Waals surface area contributed by atoms with Gasteiger partial charge in [0.25, 0.3) is 0 Å². The lowest BCUT2D eigenvalue weighted by molar-refractivity contribution is 0.478. The van der Waals surface area contributed by atoms with Gasteiger partial charge in [-0.25, -0.2) is 8.42 Å². The van der Waals surface area contributed by atoms with Gasteiger partial charge >= 0.3 is 0 Å². The number of benzene rings is 1. The Labute approximate surface area is 118 Å². The summed E-state index contributed by atoms with van der Waals surface area (Å²) in [5.74, 6) is 5.31. The molecule has 20 heavy (non-hydrogen) atoms. The molecule has 8 heteroatoms. The first-order valence-corrected chi connectivity index (χ1v) is 7.14. The van der Waals surface area contributed by atoms with Crippen LogP contribution in [0.3, 0.4) is 0 Å². The van der Waals surface area contributed by atoms with Gasteiger partial charge in [0.1, 0.15) is 13.1 Å². The van der Waals surface area contributed by atoms with Gasteiger partial charge in [0, 0.05) is 5.69 Å². The van der Waals surface area contributed by atoms with Crippen LogP contribution in [0.25, 0.3) is 0 Å². The van der Waals surface area contributed by atoms with E-state index >= 15 is 0 Å². The predicted molar refractivity (Wildman–Crippen MR) is 73.7 cm³/mol. The van der Waals surface area contributed by atoms with Gasteiger partial charge < -0.3 is 5.43 Å². The Kier molecular flexibility index (Phi) is 5.06. The van der Waals surface area contributed by atoms with Gasteiger partial charge in [-0.15, -0.1) is 0 Å². The highest BCUT2D eigenvalue weighted by atomic mass is 32.2. The molecule has 1 aromatic rings. The molecular weight excluding hydrogens is 278 g/mol. The number of nitrogen functional groups attached to an aromatic ring is 1. The number of rotatable bonds is 5. The molecule has 0 saturated carbocycles. The van der Waals surface area contributed by atoms with Gasteiger partial charge in [-0.3, -0.25) is 5.84 Å². The van der Waals surface area contributed by atoms with E-state index in [1.807, 2.05) is 0 Å². The number of nitriles is 2. The second-order valence-corrected chi connectivity index (χ2v) is 6.05. The van der Waals surface area contributed by atoms with Crippen LogP contribution in [0.15, 0.2) is 17.0 Å². The van der Waals surface area contributed by atoms with Crippen molar-refractivity contribution in [2.45, 2.75) is 18.7 Å². The Morgan fingerprint density at radius 3 is 2.00 bits per heavy atom. The maximum absolute atomic E-state index is 12.5. The van der Waals surface area contributed by atoms with Crippen molar-refractivity contribution >= 4 is 15.7 Å². The Morgan fingerprint density at radius 2 is 1.65 bits per heavy atom. The molecule has 0 aromatic heterocycles. The number of nitrogens with one attached hydrogen (secondary N) is 1. The summed E-state index contributed by atoms with van der Waals surface area (Å²) in [6.07, 6.45) is 0. The quantitative estimate of drug-likeness (QED) is 0.466. The van der Waals surface area contributed by atoms with Gasteiger partial charge in [0.05, 0.1) is 17.0 Å². The van der Waals surface area contributed by atoms with Gasteiger partial charge in [0.2, 0.25) is 10.0 Å². The summed E-state index contributed by atoms with van der Waals surface area (Å²) in [6, 6.07) is 6.69. The summed E-state index contributed by atoms with van der Waals surface area (Å²) in [5.41, 5.74) is 4.04. The molecule has 0 aliphatic heterocycles. The molecule has 1 rings (SSSR count). The van der Waals surface area contributed by atoms with Gasteiger partial charge in [0.15, 0.2) is 0 Å². The standard InChI is InChI=1S/C12H15N5O2S/c1-9-7-11(16-15)8-10(2)12(9)20(18,19)17(5-3-13)6-4-14/h7-8,16H,5-6,15H2,1-2H3. The van der Waals surface area contributed by atoms with Crippen LogP contribution in [0.1, 0.15) is 11.1 Å². The molecule has 106 valence electrons. The second kappa shape index (κ2) is 6.35. The van der Waals surface area contributed by atoms with Crippen molar-refractivity contribution in [3.05, 3.63) is 23.3 Å². The highest BCUT2D eigenvalue weighted by Crippen LogP contribution is 2.26. The Balaban J connectivity index is 3.43. The summed E-state index contributed by atoms with van der Waals surface area (Å²) in [7, 11) is -3.89. The Bertz CT molecular complexity index is 646. The first kappa shape index (κ1) is 15.9. The zero-order chi connectivity index (χ0) is 15.3. The minimum Gasteiger partial charge on any atom is -0.324 e. The summed E-state index contributed by atoms with van der Waals surface area (Å²) in [6.45, 7) is 2.53. The van der Waals surface area contributed by atoms with Crippen molar-refractivity contribution in [2.75, 3.05) is 18.5 Å². The number of anilines is 1. The van der Waals surface area contributed by atoms with Crippen LogP contribution < -0.4 is 11.3 Å². The summed E-state index contributed by atoms with van der Waals surface area (Å²) in [5, 5.41) is 17.4. The molecule has 0 bridgehead atoms.